The number of aliphatic hydroxyl groups is 1. The van der Waals surface area contributed by atoms with Gasteiger partial charge in [0.2, 0.25) is 0 Å². The lowest BCUT2D eigenvalue weighted by Crippen LogP contribution is -2.25. The molecule has 4 heteroatoms. The van der Waals surface area contributed by atoms with Crippen molar-refractivity contribution in [1.29, 1.82) is 0 Å². The number of aromatic nitrogens is 2. The number of carbonyl (C=O) groups excluding carboxylic acids is 1. The van der Waals surface area contributed by atoms with Gasteiger partial charge < -0.3 is 5.11 Å². The van der Waals surface area contributed by atoms with Gasteiger partial charge in [0.15, 0.2) is 6.29 Å². The Labute approximate surface area is 114 Å². The van der Waals surface area contributed by atoms with E-state index in [9.17, 15) is 9.90 Å². The van der Waals surface area contributed by atoms with Gasteiger partial charge in [-0.25, -0.2) is 0 Å². The van der Waals surface area contributed by atoms with Crippen molar-refractivity contribution in [2.75, 3.05) is 0 Å². The van der Waals surface area contributed by atoms with Crippen LogP contribution < -0.4 is 0 Å². The fourth-order valence-electron chi connectivity index (χ4n) is 3.11. The highest BCUT2D eigenvalue weighted by atomic mass is 16.3. The molecule has 0 spiro atoms. The third-order valence-corrected chi connectivity index (χ3v) is 4.17. The molecule has 0 aliphatic heterocycles. The average molecular weight is 264 g/mol. The molecule has 0 bridgehead atoms. The molecule has 0 aromatic carbocycles. The van der Waals surface area contributed by atoms with Crippen LogP contribution in [0.5, 0.6) is 0 Å². The quantitative estimate of drug-likeness (QED) is 0.672. The van der Waals surface area contributed by atoms with Gasteiger partial charge in [-0.05, 0) is 25.7 Å². The van der Waals surface area contributed by atoms with Gasteiger partial charge in [0.1, 0.15) is 0 Å². The molecule has 1 aliphatic rings. The van der Waals surface area contributed by atoms with Crippen LogP contribution in [0.15, 0.2) is 0 Å². The minimum atomic E-state index is -0.336. The van der Waals surface area contributed by atoms with Gasteiger partial charge >= 0.3 is 0 Å². The van der Waals surface area contributed by atoms with Crippen LogP contribution in [0.4, 0.5) is 0 Å². The Kier molecular flexibility index (Phi) is 4.75. The summed E-state index contributed by atoms with van der Waals surface area (Å²) in [5, 5.41) is 14.9. The summed E-state index contributed by atoms with van der Waals surface area (Å²) in [5.74, 6) is 0. The number of carbonyl (C=O) groups is 1. The van der Waals surface area contributed by atoms with Crippen molar-refractivity contribution < 1.29 is 9.90 Å². The zero-order chi connectivity index (χ0) is 13.8. The molecule has 1 aromatic rings. The van der Waals surface area contributed by atoms with Crippen molar-refractivity contribution in [2.24, 2.45) is 0 Å². The van der Waals surface area contributed by atoms with Gasteiger partial charge in [0.05, 0.1) is 23.4 Å². The van der Waals surface area contributed by atoms with Crippen molar-refractivity contribution in [3.05, 3.63) is 17.0 Å². The number of aryl methyl sites for hydroxylation is 1. The fraction of sp³-hybridized carbons (Fsp3) is 0.733. The number of aliphatic hydroxyl groups excluding tert-OH is 1. The highest BCUT2D eigenvalue weighted by Gasteiger charge is 2.27. The smallest absolute Gasteiger partial charge is 0.153 e. The molecule has 0 radical (unpaired) electrons. The van der Waals surface area contributed by atoms with Crippen LogP contribution in [-0.4, -0.2) is 27.3 Å². The van der Waals surface area contributed by atoms with Crippen molar-refractivity contribution in [3.63, 3.8) is 0 Å². The first-order valence-electron chi connectivity index (χ1n) is 7.46. The second-order valence-electron chi connectivity index (χ2n) is 5.35. The molecule has 19 heavy (non-hydrogen) atoms. The Morgan fingerprint density at radius 2 is 2.00 bits per heavy atom. The van der Waals surface area contributed by atoms with Gasteiger partial charge in [-0.15, -0.1) is 0 Å². The molecule has 1 N–H and O–H groups in total. The second kappa shape index (κ2) is 6.33. The van der Waals surface area contributed by atoms with Gasteiger partial charge in [-0.2, -0.15) is 5.10 Å². The molecule has 4 nitrogen and oxygen atoms in total. The normalized spacial score (nSPS) is 24.2. The Morgan fingerprint density at radius 3 is 2.63 bits per heavy atom. The Bertz CT molecular complexity index is 440. The summed E-state index contributed by atoms with van der Waals surface area (Å²) < 4.78 is 1.94. The zero-order valence-corrected chi connectivity index (χ0v) is 11.9. The lowest BCUT2D eigenvalue weighted by Gasteiger charge is -2.23. The third-order valence-electron chi connectivity index (χ3n) is 4.17. The summed E-state index contributed by atoms with van der Waals surface area (Å²) in [6.07, 6.45) is 7.31. The highest BCUT2D eigenvalue weighted by Crippen LogP contribution is 2.30. The van der Waals surface area contributed by atoms with Gasteiger partial charge in [0, 0.05) is 5.69 Å². The number of aldehydes is 1. The average Bonchev–Trinajstić information content (AvgIpc) is 2.65. The molecular formula is C15H24N2O2. The van der Waals surface area contributed by atoms with E-state index in [2.05, 4.69) is 5.10 Å². The van der Waals surface area contributed by atoms with E-state index in [4.69, 9.17) is 0 Å². The van der Waals surface area contributed by atoms with Crippen molar-refractivity contribution in [2.45, 2.75) is 70.9 Å². The number of hydrogen-bond acceptors (Lipinski definition) is 3. The SMILES string of the molecule is CCc1nn(C2CCCCCC2O)c(CC)c1C=O. The van der Waals surface area contributed by atoms with E-state index in [-0.39, 0.29) is 12.1 Å². The van der Waals surface area contributed by atoms with Crippen LogP contribution in [0, 0.1) is 0 Å². The summed E-state index contributed by atoms with van der Waals surface area (Å²) in [7, 11) is 0. The third kappa shape index (κ3) is 2.73. The first kappa shape index (κ1) is 14.3. The second-order valence-corrected chi connectivity index (χ2v) is 5.35. The Morgan fingerprint density at radius 1 is 1.26 bits per heavy atom. The Balaban J connectivity index is 2.42. The summed E-state index contributed by atoms with van der Waals surface area (Å²) in [5.41, 5.74) is 2.59. The van der Waals surface area contributed by atoms with E-state index in [1.807, 2.05) is 18.5 Å². The van der Waals surface area contributed by atoms with E-state index in [0.29, 0.717) is 0 Å². The lowest BCUT2D eigenvalue weighted by molar-refractivity contribution is 0.0971. The van der Waals surface area contributed by atoms with Gasteiger partial charge in [-0.3, -0.25) is 9.48 Å². The highest BCUT2D eigenvalue weighted by molar-refractivity contribution is 5.78. The molecule has 1 aliphatic carbocycles. The molecule has 1 aromatic heterocycles. The number of rotatable bonds is 4. The van der Waals surface area contributed by atoms with Gasteiger partial charge in [-0.1, -0.05) is 33.1 Å². The zero-order valence-electron chi connectivity index (χ0n) is 11.9. The lowest BCUT2D eigenvalue weighted by atomic mass is 10.0. The molecule has 106 valence electrons. The first-order chi connectivity index (χ1) is 9.22. The molecule has 1 fully saturated rings. The summed E-state index contributed by atoms with van der Waals surface area (Å²) >= 11 is 0. The molecule has 0 amide bonds. The van der Waals surface area contributed by atoms with Crippen molar-refractivity contribution in [3.8, 4) is 0 Å². The maximum Gasteiger partial charge on any atom is 0.153 e. The predicted molar refractivity (Wildman–Crippen MR) is 74.5 cm³/mol. The van der Waals surface area contributed by atoms with Crippen molar-refractivity contribution >= 4 is 6.29 Å². The maximum absolute atomic E-state index is 11.3. The molecule has 2 unspecified atom stereocenters. The van der Waals surface area contributed by atoms with Crippen LogP contribution in [-0.2, 0) is 12.8 Å². The standard InChI is InChI=1S/C15H24N2O2/c1-3-12-11(10-18)13(4-2)17(16-12)14-8-6-5-7-9-15(14)19/h10,14-15,19H,3-9H2,1-2H3. The van der Waals surface area contributed by atoms with Crippen LogP contribution in [0.25, 0.3) is 0 Å². The fourth-order valence-corrected chi connectivity index (χ4v) is 3.11. The monoisotopic (exact) mass is 264 g/mol. The van der Waals surface area contributed by atoms with Crippen LogP contribution in [0.1, 0.15) is 73.7 Å². The van der Waals surface area contributed by atoms with Crippen molar-refractivity contribution in [1.82, 2.24) is 9.78 Å². The molecule has 0 saturated heterocycles. The summed E-state index contributed by atoms with van der Waals surface area (Å²) in [6.45, 7) is 4.06. The number of hydrogen-bond donors (Lipinski definition) is 1. The minimum Gasteiger partial charge on any atom is -0.391 e. The van der Waals surface area contributed by atoms with E-state index in [0.717, 1.165) is 61.8 Å². The number of nitrogens with zero attached hydrogens (tertiary/aromatic N) is 2. The minimum absolute atomic E-state index is 0.0384. The van der Waals surface area contributed by atoms with E-state index < -0.39 is 0 Å². The molecule has 2 atom stereocenters. The molecule has 2 rings (SSSR count). The summed E-state index contributed by atoms with van der Waals surface area (Å²) in [4.78, 5) is 11.3. The largest absolute Gasteiger partial charge is 0.391 e. The molecule has 1 saturated carbocycles. The van der Waals surface area contributed by atoms with Crippen LogP contribution >= 0.6 is 0 Å². The van der Waals surface area contributed by atoms with Crippen LogP contribution in [0.3, 0.4) is 0 Å². The predicted octanol–water partition coefficient (Wildman–Crippen LogP) is 2.69. The van der Waals surface area contributed by atoms with E-state index >= 15 is 0 Å². The van der Waals surface area contributed by atoms with Gasteiger partial charge in [0.25, 0.3) is 0 Å². The first-order valence-corrected chi connectivity index (χ1v) is 7.46. The molecule has 1 heterocycles. The molecular weight excluding hydrogens is 240 g/mol. The summed E-state index contributed by atoms with van der Waals surface area (Å²) in [6, 6.07) is 0.0384. The maximum atomic E-state index is 11.3. The topological polar surface area (TPSA) is 55.1 Å². The van der Waals surface area contributed by atoms with E-state index in [1.165, 1.54) is 6.42 Å². The van der Waals surface area contributed by atoms with Crippen LogP contribution in [0.2, 0.25) is 0 Å². The van der Waals surface area contributed by atoms with E-state index in [1.54, 1.807) is 0 Å². The Hall–Kier alpha value is -1.16.